The number of amides is 1. The molecule has 0 bridgehead atoms. The van der Waals surface area contributed by atoms with Crippen LogP contribution in [-0.4, -0.2) is 50.3 Å². The lowest BCUT2D eigenvalue weighted by Crippen LogP contribution is -3.14. The van der Waals surface area contributed by atoms with E-state index >= 15 is 0 Å². The van der Waals surface area contributed by atoms with Crippen molar-refractivity contribution < 1.29 is 14.4 Å². The van der Waals surface area contributed by atoms with E-state index in [9.17, 15) is 4.79 Å². The number of ether oxygens (including phenoxy) is 1. The van der Waals surface area contributed by atoms with Crippen LogP contribution in [0.1, 0.15) is 10.4 Å². The largest absolute Gasteiger partial charge is 0.370 e. The van der Waals surface area contributed by atoms with Gasteiger partial charge < -0.3 is 9.64 Å². The second-order valence-electron chi connectivity index (χ2n) is 7.60. The molecule has 1 fully saturated rings. The summed E-state index contributed by atoms with van der Waals surface area (Å²) < 4.78 is 6.58. The Hall–Kier alpha value is -2.80. The number of nitrogens with one attached hydrogen (secondary N) is 1. The molecule has 1 amide bonds. The van der Waals surface area contributed by atoms with E-state index in [1.165, 1.54) is 4.90 Å². The average molecular weight is 419 g/mol. The Morgan fingerprint density at radius 1 is 1.00 bits per heavy atom. The minimum atomic E-state index is 0.00692. The molecule has 3 aromatic carbocycles. The molecule has 0 unspecified atom stereocenters. The lowest BCUT2D eigenvalue weighted by atomic mass is 10.1. The maximum atomic E-state index is 13.6. The molecular weight excluding hydrogens is 394 g/mol. The highest BCUT2D eigenvalue weighted by Crippen LogP contribution is 2.29. The Morgan fingerprint density at radius 3 is 2.60 bits per heavy atom. The smallest absolute Gasteiger partial charge is 0.260 e. The predicted molar refractivity (Wildman–Crippen MR) is 122 cm³/mol. The highest BCUT2D eigenvalue weighted by molar-refractivity contribution is 7.22. The number of carbonyl (C=O) groups excluding carboxylic acids is 1. The number of hydrogen-bond acceptors (Lipinski definition) is 4. The highest BCUT2D eigenvalue weighted by atomic mass is 32.1. The van der Waals surface area contributed by atoms with E-state index in [0.717, 1.165) is 59.0 Å². The topological polar surface area (TPSA) is 46.9 Å². The zero-order chi connectivity index (χ0) is 20.3. The SMILES string of the molecule is O=C(c1ccc2ccccc2c1)N(CC[NH+]1CCOCC1)c1nc2ccccc2s1. The van der Waals surface area contributed by atoms with Gasteiger partial charge >= 0.3 is 0 Å². The summed E-state index contributed by atoms with van der Waals surface area (Å²) in [6, 6.07) is 22.1. The van der Waals surface area contributed by atoms with Gasteiger partial charge in [0, 0.05) is 5.56 Å². The molecule has 4 aromatic rings. The van der Waals surface area contributed by atoms with Gasteiger partial charge in [0.2, 0.25) is 0 Å². The number of aromatic nitrogens is 1. The first kappa shape index (κ1) is 19.2. The molecule has 5 rings (SSSR count). The van der Waals surface area contributed by atoms with Crippen LogP contribution >= 0.6 is 11.3 Å². The fourth-order valence-electron chi connectivity index (χ4n) is 3.92. The summed E-state index contributed by atoms with van der Waals surface area (Å²) in [5, 5.41) is 2.98. The number of morpholine rings is 1. The number of quaternary nitrogens is 1. The Kier molecular flexibility index (Phi) is 5.45. The fraction of sp³-hybridized carbons (Fsp3) is 0.250. The number of para-hydroxylation sites is 1. The van der Waals surface area contributed by atoms with Crippen molar-refractivity contribution in [3.63, 3.8) is 0 Å². The number of carbonyl (C=O) groups is 1. The zero-order valence-electron chi connectivity index (χ0n) is 16.7. The standard InChI is InChI=1S/C24H23N3O2S/c28-23(20-10-9-18-5-1-2-6-19(18)17-20)27(12-11-26-13-15-29-16-14-26)24-25-21-7-3-4-8-22(21)30-24/h1-10,17H,11-16H2/p+1. The molecule has 0 saturated carbocycles. The minimum Gasteiger partial charge on any atom is -0.370 e. The Bertz CT molecular complexity index is 1150. The quantitative estimate of drug-likeness (QED) is 0.542. The molecular formula is C24H24N3O2S+. The lowest BCUT2D eigenvalue weighted by molar-refractivity contribution is -0.906. The summed E-state index contributed by atoms with van der Waals surface area (Å²) in [7, 11) is 0. The fourth-order valence-corrected chi connectivity index (χ4v) is 4.91. The van der Waals surface area contributed by atoms with Crippen LogP contribution in [0.15, 0.2) is 66.7 Å². The first-order valence-corrected chi connectivity index (χ1v) is 11.2. The predicted octanol–water partition coefficient (Wildman–Crippen LogP) is 3.01. The molecule has 30 heavy (non-hydrogen) atoms. The van der Waals surface area contributed by atoms with Crippen LogP contribution in [0.2, 0.25) is 0 Å². The summed E-state index contributed by atoms with van der Waals surface area (Å²) in [6.45, 7) is 5.07. The van der Waals surface area contributed by atoms with Gasteiger partial charge in [0.1, 0.15) is 13.1 Å². The molecule has 0 radical (unpaired) electrons. The lowest BCUT2D eigenvalue weighted by Gasteiger charge is -2.27. The van der Waals surface area contributed by atoms with Crippen molar-refractivity contribution in [1.82, 2.24) is 4.98 Å². The van der Waals surface area contributed by atoms with Crippen molar-refractivity contribution in [2.45, 2.75) is 0 Å². The molecule has 1 aliphatic rings. The van der Waals surface area contributed by atoms with Gasteiger partial charge in [-0.25, -0.2) is 4.98 Å². The third kappa shape index (κ3) is 3.94. The van der Waals surface area contributed by atoms with E-state index in [1.807, 2.05) is 59.5 Å². The van der Waals surface area contributed by atoms with Gasteiger partial charge in [-0.1, -0.05) is 53.8 Å². The van der Waals surface area contributed by atoms with E-state index in [1.54, 1.807) is 11.3 Å². The summed E-state index contributed by atoms with van der Waals surface area (Å²) >= 11 is 1.58. The summed E-state index contributed by atoms with van der Waals surface area (Å²) in [5.41, 5.74) is 1.64. The average Bonchev–Trinajstić information content (AvgIpc) is 3.23. The maximum absolute atomic E-state index is 13.6. The summed E-state index contributed by atoms with van der Waals surface area (Å²) in [5.74, 6) is 0.00692. The molecule has 5 nitrogen and oxygen atoms in total. The van der Waals surface area contributed by atoms with Gasteiger partial charge in [-0.2, -0.15) is 0 Å². The molecule has 1 saturated heterocycles. The highest BCUT2D eigenvalue weighted by Gasteiger charge is 2.24. The number of thiazole rings is 1. The van der Waals surface area contributed by atoms with Crippen molar-refractivity contribution in [3.05, 3.63) is 72.3 Å². The van der Waals surface area contributed by atoms with E-state index in [2.05, 4.69) is 12.1 Å². The maximum Gasteiger partial charge on any atom is 0.260 e. The molecule has 152 valence electrons. The first-order chi connectivity index (χ1) is 14.8. The number of nitrogens with zero attached hydrogens (tertiary/aromatic N) is 2. The third-order valence-electron chi connectivity index (χ3n) is 5.64. The van der Waals surface area contributed by atoms with Crippen LogP contribution in [0.25, 0.3) is 21.0 Å². The minimum absolute atomic E-state index is 0.00692. The van der Waals surface area contributed by atoms with Crippen LogP contribution in [0, 0.1) is 0 Å². The van der Waals surface area contributed by atoms with E-state index < -0.39 is 0 Å². The van der Waals surface area contributed by atoms with Crippen molar-refractivity contribution in [3.8, 4) is 0 Å². The van der Waals surface area contributed by atoms with Crippen LogP contribution in [0.4, 0.5) is 5.13 Å². The van der Waals surface area contributed by atoms with Gasteiger partial charge in [-0.05, 0) is 35.0 Å². The first-order valence-electron chi connectivity index (χ1n) is 10.4. The van der Waals surface area contributed by atoms with Crippen LogP contribution < -0.4 is 9.80 Å². The van der Waals surface area contributed by atoms with Gasteiger partial charge in [-0.3, -0.25) is 9.69 Å². The Labute approximate surface area is 179 Å². The van der Waals surface area contributed by atoms with E-state index in [-0.39, 0.29) is 5.91 Å². The van der Waals surface area contributed by atoms with Gasteiger partial charge in [0.25, 0.3) is 5.91 Å². The van der Waals surface area contributed by atoms with Crippen molar-refractivity contribution in [2.24, 2.45) is 0 Å². The molecule has 0 atom stereocenters. The van der Waals surface area contributed by atoms with Gasteiger partial charge in [-0.15, -0.1) is 0 Å². The molecule has 1 aliphatic heterocycles. The Morgan fingerprint density at radius 2 is 1.77 bits per heavy atom. The normalized spacial score (nSPS) is 14.9. The second-order valence-corrected chi connectivity index (χ2v) is 8.60. The van der Waals surface area contributed by atoms with Crippen LogP contribution in [0.3, 0.4) is 0 Å². The number of hydrogen-bond donors (Lipinski definition) is 1. The van der Waals surface area contributed by atoms with Crippen molar-refractivity contribution in [2.75, 3.05) is 44.3 Å². The van der Waals surface area contributed by atoms with E-state index in [0.29, 0.717) is 12.1 Å². The van der Waals surface area contributed by atoms with Crippen LogP contribution in [-0.2, 0) is 4.74 Å². The molecule has 1 N–H and O–H groups in total. The van der Waals surface area contributed by atoms with Crippen molar-refractivity contribution >= 4 is 43.4 Å². The summed E-state index contributed by atoms with van der Waals surface area (Å²) in [6.07, 6.45) is 0. The monoisotopic (exact) mass is 418 g/mol. The van der Waals surface area contributed by atoms with Crippen molar-refractivity contribution in [1.29, 1.82) is 0 Å². The van der Waals surface area contributed by atoms with E-state index in [4.69, 9.17) is 9.72 Å². The number of benzene rings is 3. The Balaban J connectivity index is 1.47. The zero-order valence-corrected chi connectivity index (χ0v) is 17.5. The van der Waals surface area contributed by atoms with Crippen LogP contribution in [0.5, 0.6) is 0 Å². The number of fused-ring (bicyclic) bond motifs is 2. The number of anilines is 1. The van der Waals surface area contributed by atoms with Gasteiger partial charge in [0.05, 0.1) is 36.5 Å². The number of rotatable bonds is 5. The molecule has 0 aliphatic carbocycles. The third-order valence-corrected chi connectivity index (χ3v) is 6.70. The molecule has 1 aromatic heterocycles. The molecule has 6 heteroatoms. The summed E-state index contributed by atoms with van der Waals surface area (Å²) in [4.78, 5) is 21.7. The van der Waals surface area contributed by atoms with Gasteiger partial charge in [0.15, 0.2) is 5.13 Å². The molecule has 0 spiro atoms. The molecule has 2 heterocycles. The second kappa shape index (κ2) is 8.52.